The van der Waals surface area contributed by atoms with Gasteiger partial charge in [0.05, 0.1) is 0 Å². The second-order valence-corrected chi connectivity index (χ2v) is 18.2. The summed E-state index contributed by atoms with van der Waals surface area (Å²) in [5, 5.41) is 1.18. The lowest BCUT2D eigenvalue weighted by Gasteiger charge is -2.23. The van der Waals surface area contributed by atoms with Crippen molar-refractivity contribution in [3.05, 3.63) is 89.0 Å². The number of hydrogen-bond donors (Lipinski definition) is 0. The third-order valence-electron chi connectivity index (χ3n) is 8.68. The van der Waals surface area contributed by atoms with Crippen molar-refractivity contribution in [1.29, 1.82) is 0 Å². The molecule has 3 atom stereocenters. The van der Waals surface area contributed by atoms with Crippen LogP contribution >= 0.6 is 0 Å². The van der Waals surface area contributed by atoms with Crippen molar-refractivity contribution in [3.8, 4) is 11.5 Å². The van der Waals surface area contributed by atoms with E-state index in [1.165, 1.54) is 46.7 Å². The van der Waals surface area contributed by atoms with Crippen LogP contribution in [0.5, 0.6) is 11.5 Å². The monoisotopic (exact) mass is 664 g/mol. The topological polar surface area (TPSA) is 36.9 Å². The molecule has 3 rings (SSSR count). The Balaban J connectivity index is 0.000000353. The molecule has 264 valence electrons. The molecule has 0 spiro atoms. The predicted molar refractivity (Wildman–Crippen MR) is 206 cm³/mol. The molecule has 47 heavy (non-hydrogen) atoms. The maximum absolute atomic E-state index is 5.90. The van der Waals surface area contributed by atoms with Crippen LogP contribution in [-0.2, 0) is 8.85 Å². The van der Waals surface area contributed by atoms with Gasteiger partial charge in [0.15, 0.2) is 0 Å². The summed E-state index contributed by atoms with van der Waals surface area (Å²) in [5.41, 5.74) is 5.17. The highest BCUT2D eigenvalue weighted by molar-refractivity contribution is 6.79. The highest BCUT2D eigenvalue weighted by Gasteiger charge is 2.31. The van der Waals surface area contributed by atoms with Gasteiger partial charge >= 0.3 is 8.56 Å². The Morgan fingerprint density at radius 3 is 1.32 bits per heavy atom. The maximum Gasteiger partial charge on any atom is 0.368 e. The lowest BCUT2D eigenvalue weighted by molar-refractivity contribution is 0.129. The van der Waals surface area contributed by atoms with Crippen LogP contribution in [0.2, 0.25) is 6.55 Å². The highest BCUT2D eigenvalue weighted by atomic mass is 28.4. The van der Waals surface area contributed by atoms with Crippen LogP contribution in [0.15, 0.2) is 66.7 Å². The molecule has 0 aliphatic rings. The number of rotatable bonds is 11. The van der Waals surface area contributed by atoms with Gasteiger partial charge in [-0.05, 0) is 138 Å². The number of benzene rings is 3. The molecule has 0 saturated heterocycles. The lowest BCUT2D eigenvalue weighted by atomic mass is 9.97. The van der Waals surface area contributed by atoms with E-state index in [-0.39, 0.29) is 11.2 Å². The third kappa shape index (κ3) is 15.0. The van der Waals surface area contributed by atoms with Crippen molar-refractivity contribution in [3.63, 3.8) is 0 Å². The minimum atomic E-state index is -2.14. The second kappa shape index (κ2) is 19.4. The summed E-state index contributed by atoms with van der Waals surface area (Å²) >= 11 is 0. The van der Waals surface area contributed by atoms with Crippen LogP contribution in [0, 0.1) is 6.92 Å². The average molecular weight is 665 g/mol. The van der Waals surface area contributed by atoms with Crippen LogP contribution in [-0.4, -0.2) is 34.0 Å². The van der Waals surface area contributed by atoms with Gasteiger partial charge in [0.1, 0.15) is 22.7 Å². The maximum atomic E-state index is 5.90. The van der Waals surface area contributed by atoms with Crippen LogP contribution in [0.3, 0.4) is 0 Å². The Bertz CT molecular complexity index is 1280. The summed E-state index contributed by atoms with van der Waals surface area (Å²) < 4.78 is 22.7. The van der Waals surface area contributed by atoms with Crippen molar-refractivity contribution in [2.75, 3.05) is 14.2 Å². The van der Waals surface area contributed by atoms with E-state index in [1.807, 2.05) is 0 Å². The predicted octanol–water partition coefficient (Wildman–Crippen LogP) is 11.8. The molecule has 5 heteroatoms. The summed E-state index contributed by atoms with van der Waals surface area (Å²) in [5.74, 6) is 3.83. The van der Waals surface area contributed by atoms with E-state index in [9.17, 15) is 0 Å². The van der Waals surface area contributed by atoms with Crippen LogP contribution in [0.25, 0.3) is 0 Å². The van der Waals surface area contributed by atoms with E-state index < -0.39 is 8.56 Å². The first-order valence-electron chi connectivity index (χ1n) is 17.6. The molecule has 0 aliphatic carbocycles. The van der Waals surface area contributed by atoms with Gasteiger partial charge in [-0.2, -0.15) is 0 Å². The Kier molecular flexibility index (Phi) is 17.5. The molecule has 3 aromatic carbocycles. The zero-order chi connectivity index (χ0) is 36.0. The Morgan fingerprint density at radius 1 is 0.574 bits per heavy atom. The molecule has 0 radical (unpaired) electrons. The van der Waals surface area contributed by atoms with Gasteiger partial charge in [0.2, 0.25) is 0 Å². The molecule has 0 amide bonds. The van der Waals surface area contributed by atoms with Gasteiger partial charge in [-0.15, -0.1) is 0 Å². The summed E-state index contributed by atoms with van der Waals surface area (Å²) in [6, 6.07) is 23.6. The SMILES string of the molecule is CCC(C)c1ccc(OC(C)(C)C)c(C)c1.CCC(C)c1ccc(OC(C)(C)C)cc1.CCC(C)c1ccc([Si](C)(OC)OC)cc1. The fourth-order valence-electron chi connectivity index (χ4n) is 4.78. The molecule has 3 aromatic rings. The molecule has 0 aromatic heterocycles. The number of ether oxygens (including phenoxy) is 2. The first kappa shape index (κ1) is 42.4. The van der Waals surface area contributed by atoms with Crippen LogP contribution in [0.4, 0.5) is 0 Å². The van der Waals surface area contributed by atoms with Crippen LogP contribution < -0.4 is 14.7 Å². The van der Waals surface area contributed by atoms with Gasteiger partial charge in [-0.1, -0.05) is 90.1 Å². The van der Waals surface area contributed by atoms with E-state index >= 15 is 0 Å². The van der Waals surface area contributed by atoms with Crippen molar-refractivity contribution < 1.29 is 18.3 Å². The molecular weight excluding hydrogens is 597 g/mol. The summed E-state index contributed by atoms with van der Waals surface area (Å²) in [4.78, 5) is 0. The molecule has 0 N–H and O–H groups in total. The Labute approximate surface area is 290 Å². The number of aryl methyl sites for hydroxylation is 1. The van der Waals surface area contributed by atoms with Crippen molar-refractivity contribution >= 4 is 13.7 Å². The van der Waals surface area contributed by atoms with Crippen molar-refractivity contribution in [2.24, 2.45) is 0 Å². The van der Waals surface area contributed by atoms with Gasteiger partial charge in [-0.3, -0.25) is 0 Å². The minimum Gasteiger partial charge on any atom is -0.488 e. The van der Waals surface area contributed by atoms with Gasteiger partial charge < -0.3 is 18.3 Å². The lowest BCUT2D eigenvalue weighted by Crippen LogP contribution is -2.49. The molecule has 4 nitrogen and oxygen atoms in total. The zero-order valence-corrected chi connectivity index (χ0v) is 33.8. The average Bonchev–Trinajstić information content (AvgIpc) is 3.03. The van der Waals surface area contributed by atoms with Gasteiger partial charge in [0.25, 0.3) is 0 Å². The van der Waals surface area contributed by atoms with Crippen LogP contribution in [0.1, 0.15) is 142 Å². The first-order valence-corrected chi connectivity index (χ1v) is 19.9. The molecule has 0 fully saturated rings. The van der Waals surface area contributed by atoms with Crippen molar-refractivity contribution in [2.45, 2.75) is 145 Å². The Hall–Kier alpha value is -2.60. The molecule has 0 bridgehead atoms. The highest BCUT2D eigenvalue weighted by Crippen LogP contribution is 2.28. The fraction of sp³-hybridized carbons (Fsp3) is 0.571. The smallest absolute Gasteiger partial charge is 0.368 e. The molecule has 0 heterocycles. The number of hydrogen-bond acceptors (Lipinski definition) is 4. The summed E-state index contributed by atoms with van der Waals surface area (Å²) in [6.07, 6.45) is 3.53. The third-order valence-corrected chi connectivity index (χ3v) is 11.6. The summed E-state index contributed by atoms with van der Waals surface area (Å²) in [6.45, 7) is 30.0. The van der Waals surface area contributed by atoms with E-state index in [1.54, 1.807) is 14.2 Å². The molecular formula is C42H68O4Si. The largest absolute Gasteiger partial charge is 0.488 e. The first-order chi connectivity index (χ1) is 21.8. The van der Waals surface area contributed by atoms with Gasteiger partial charge in [0, 0.05) is 14.2 Å². The standard InChI is InChI=1S/C15H24O.C14H22O.C13H22O2Si/c1-7-11(2)13-8-9-14(12(3)10-13)16-15(4,5)6;1-6-11(2)12-7-9-13(10-8-12)15-14(3,4)5;1-6-11(2)12-7-9-13(10-8-12)16(5,14-3)15-4/h8-11H,7H2,1-6H3;7-11H,6H2,1-5H3;7-11H,6H2,1-5H3. The molecule has 0 aliphatic heterocycles. The Morgan fingerprint density at radius 2 is 0.957 bits per heavy atom. The summed E-state index contributed by atoms with van der Waals surface area (Å²) in [7, 11) is 1.30. The quantitative estimate of drug-likeness (QED) is 0.191. The van der Waals surface area contributed by atoms with E-state index in [4.69, 9.17) is 18.3 Å². The van der Waals surface area contributed by atoms with E-state index in [0.29, 0.717) is 17.8 Å². The van der Waals surface area contributed by atoms with E-state index in [2.05, 4.69) is 163 Å². The normalized spacial score (nSPS) is 13.7. The van der Waals surface area contributed by atoms with Gasteiger partial charge in [-0.25, -0.2) is 0 Å². The van der Waals surface area contributed by atoms with E-state index in [0.717, 1.165) is 11.5 Å². The minimum absolute atomic E-state index is 0.113. The van der Waals surface area contributed by atoms with Crippen molar-refractivity contribution in [1.82, 2.24) is 0 Å². The second-order valence-electron chi connectivity index (χ2n) is 14.9. The molecule has 3 unspecified atom stereocenters. The fourth-order valence-corrected chi connectivity index (χ4v) is 6.19. The molecule has 0 saturated carbocycles. The zero-order valence-electron chi connectivity index (χ0n) is 32.8.